The molecule has 0 aromatic heterocycles. The van der Waals surface area contributed by atoms with Crippen molar-refractivity contribution < 1.29 is 19.0 Å². The number of nitrogens with two attached hydrogens (primary N) is 1. The average molecular weight is 387 g/mol. The number of carbonyl (C=O) groups excluding carboxylic acids is 1. The summed E-state index contributed by atoms with van der Waals surface area (Å²) in [6, 6.07) is 14.1. The Morgan fingerprint density at radius 3 is 2.78 bits per heavy atom. The highest BCUT2D eigenvalue weighted by Crippen LogP contribution is 2.29. The van der Waals surface area contributed by atoms with Gasteiger partial charge in [-0.15, -0.1) is 0 Å². The van der Waals surface area contributed by atoms with Crippen molar-refractivity contribution in [2.75, 3.05) is 25.1 Å². The van der Waals surface area contributed by atoms with Gasteiger partial charge in [-0.1, -0.05) is 36.4 Å². The number of rotatable bonds is 5. The lowest BCUT2D eigenvalue weighted by molar-refractivity contribution is -0.126. The van der Waals surface area contributed by atoms with Crippen LogP contribution in [0.5, 0.6) is 0 Å². The van der Waals surface area contributed by atoms with Crippen LogP contribution in [-0.4, -0.2) is 55.2 Å². The van der Waals surface area contributed by atoms with Crippen LogP contribution < -0.4 is 16.4 Å². The van der Waals surface area contributed by atoms with E-state index in [-0.39, 0.29) is 31.0 Å². The zero-order valence-corrected chi connectivity index (χ0v) is 15.4. The van der Waals surface area contributed by atoms with Crippen molar-refractivity contribution in [2.45, 2.75) is 24.4 Å². The quantitative estimate of drug-likeness (QED) is 0.663. The summed E-state index contributed by atoms with van der Waals surface area (Å²) in [4.78, 5) is 10.9. The van der Waals surface area contributed by atoms with Gasteiger partial charge in [0.25, 0.3) is 0 Å². The van der Waals surface area contributed by atoms with E-state index in [1.165, 1.54) is 0 Å². The summed E-state index contributed by atoms with van der Waals surface area (Å²) in [5.74, 6) is -0.508. The van der Waals surface area contributed by atoms with Gasteiger partial charge in [0.1, 0.15) is 24.9 Å². The average Bonchev–Trinajstić information content (AvgIpc) is 3.23. The number of anilines is 1. The first kappa shape index (κ1) is 18.1. The van der Waals surface area contributed by atoms with E-state index in [9.17, 15) is 4.79 Å². The van der Waals surface area contributed by atoms with Crippen LogP contribution in [0.15, 0.2) is 42.5 Å². The van der Waals surface area contributed by atoms with E-state index in [2.05, 4.69) is 28.8 Å². The molecule has 2 aromatic carbocycles. The molecule has 7 nitrogen and oxygen atoms in total. The van der Waals surface area contributed by atoms with E-state index in [4.69, 9.17) is 32.2 Å². The first-order chi connectivity index (χ1) is 13.1. The number of amides is 1. The van der Waals surface area contributed by atoms with Gasteiger partial charge in [0.2, 0.25) is 5.91 Å². The van der Waals surface area contributed by atoms with Crippen LogP contribution in [0.3, 0.4) is 0 Å². The van der Waals surface area contributed by atoms with E-state index in [1.54, 1.807) is 0 Å². The highest BCUT2D eigenvalue weighted by atomic mass is 32.1. The van der Waals surface area contributed by atoms with Crippen molar-refractivity contribution in [3.8, 4) is 0 Å². The summed E-state index contributed by atoms with van der Waals surface area (Å²) in [5.41, 5.74) is 6.07. The molecule has 1 amide bonds. The maximum atomic E-state index is 10.9. The molecule has 2 saturated heterocycles. The summed E-state index contributed by atoms with van der Waals surface area (Å²) in [6.07, 6.45) is -0.716. The summed E-state index contributed by atoms with van der Waals surface area (Å²) >= 11 is 5.48. The zero-order chi connectivity index (χ0) is 18.8. The number of hydrogen-bond acceptors (Lipinski definition) is 5. The normalized spacial score (nSPS) is 26.7. The molecule has 4 rings (SSSR count). The first-order valence-electron chi connectivity index (χ1n) is 8.80. The minimum atomic E-state index is -0.508. The number of primary amides is 1. The Balaban J connectivity index is 1.37. The summed E-state index contributed by atoms with van der Waals surface area (Å²) in [5, 5.41) is 9.28. The molecule has 8 heteroatoms. The minimum Gasteiger partial charge on any atom is -0.370 e. The molecule has 2 aliphatic rings. The molecule has 2 fully saturated rings. The second kappa shape index (κ2) is 7.77. The van der Waals surface area contributed by atoms with E-state index < -0.39 is 5.91 Å². The van der Waals surface area contributed by atoms with Gasteiger partial charge >= 0.3 is 0 Å². The highest BCUT2D eigenvalue weighted by molar-refractivity contribution is 7.80. The molecule has 0 saturated carbocycles. The first-order valence-corrected chi connectivity index (χ1v) is 9.21. The fraction of sp³-hybridized carbons (Fsp3) is 0.368. The Hall–Kier alpha value is -2.26. The van der Waals surface area contributed by atoms with E-state index in [1.807, 2.05) is 24.3 Å². The Bertz CT molecular complexity index is 856. The Labute approximate surface area is 162 Å². The van der Waals surface area contributed by atoms with Crippen molar-refractivity contribution in [1.29, 1.82) is 0 Å². The number of benzene rings is 2. The molecule has 4 atom stereocenters. The van der Waals surface area contributed by atoms with E-state index >= 15 is 0 Å². The maximum absolute atomic E-state index is 10.9. The molecule has 0 bridgehead atoms. The number of ether oxygens (including phenoxy) is 3. The zero-order valence-electron chi connectivity index (χ0n) is 14.6. The maximum Gasteiger partial charge on any atom is 0.243 e. The SMILES string of the molecule is NC(=O)CO[C@@H]1CO[C@H]2[C@@H]1OC[C@@H]2NC(=S)Nc1cccc2ccccc12. The molecule has 0 spiro atoms. The van der Waals surface area contributed by atoms with Crippen LogP contribution in [0, 0.1) is 0 Å². The van der Waals surface area contributed by atoms with Gasteiger partial charge in [0, 0.05) is 11.1 Å². The molecule has 142 valence electrons. The third kappa shape index (κ3) is 3.89. The largest absolute Gasteiger partial charge is 0.370 e. The van der Waals surface area contributed by atoms with Gasteiger partial charge in [-0.25, -0.2) is 0 Å². The van der Waals surface area contributed by atoms with Gasteiger partial charge < -0.3 is 30.6 Å². The molecule has 4 N–H and O–H groups in total. The predicted molar refractivity (Wildman–Crippen MR) is 106 cm³/mol. The van der Waals surface area contributed by atoms with Gasteiger partial charge in [0.05, 0.1) is 19.3 Å². The Kier molecular flexibility index (Phi) is 5.22. The summed E-state index contributed by atoms with van der Waals surface area (Å²) in [7, 11) is 0. The molecule has 2 aromatic rings. The van der Waals surface area contributed by atoms with Crippen LogP contribution in [0.25, 0.3) is 10.8 Å². The lowest BCUT2D eigenvalue weighted by Gasteiger charge is -2.20. The minimum absolute atomic E-state index is 0.0906. The number of hydrogen-bond donors (Lipinski definition) is 3. The molecule has 0 aliphatic carbocycles. The second-order valence-electron chi connectivity index (χ2n) is 6.64. The van der Waals surface area contributed by atoms with Crippen LogP contribution in [0.1, 0.15) is 0 Å². The fourth-order valence-electron chi connectivity index (χ4n) is 3.58. The molecule has 2 heterocycles. The fourth-order valence-corrected chi connectivity index (χ4v) is 3.84. The van der Waals surface area contributed by atoms with Crippen molar-refractivity contribution in [2.24, 2.45) is 5.73 Å². The molecular weight excluding hydrogens is 366 g/mol. The van der Waals surface area contributed by atoms with Crippen molar-refractivity contribution in [3.05, 3.63) is 42.5 Å². The summed E-state index contributed by atoms with van der Waals surface area (Å²) in [6.45, 7) is 0.674. The predicted octanol–water partition coefficient (Wildman–Crippen LogP) is 1.16. The van der Waals surface area contributed by atoms with Crippen molar-refractivity contribution in [3.63, 3.8) is 0 Å². The van der Waals surface area contributed by atoms with E-state index in [0.29, 0.717) is 18.3 Å². The van der Waals surface area contributed by atoms with Crippen LogP contribution >= 0.6 is 12.2 Å². The number of carbonyl (C=O) groups is 1. The lowest BCUT2D eigenvalue weighted by Crippen LogP contribution is -2.46. The topological polar surface area (TPSA) is 94.8 Å². The highest BCUT2D eigenvalue weighted by Gasteiger charge is 2.48. The molecular formula is C19H21N3O4S. The third-order valence-electron chi connectivity index (χ3n) is 4.80. The molecule has 27 heavy (non-hydrogen) atoms. The number of thiocarbonyl (C=S) groups is 1. The Morgan fingerprint density at radius 2 is 1.93 bits per heavy atom. The Morgan fingerprint density at radius 1 is 1.15 bits per heavy atom. The smallest absolute Gasteiger partial charge is 0.243 e. The lowest BCUT2D eigenvalue weighted by atomic mass is 10.1. The second-order valence-corrected chi connectivity index (χ2v) is 7.05. The standard InChI is InChI=1S/C19H21N3O4S/c20-16(23)10-24-15-9-26-17-14(8-25-18(15)17)22-19(27)21-13-7-3-5-11-4-1-2-6-12(11)13/h1-7,14-15,17-18H,8-10H2,(H2,20,23)(H2,21,22,27)/t14-,15+,17+,18+/m0/s1. The van der Waals surface area contributed by atoms with Crippen LogP contribution in [-0.2, 0) is 19.0 Å². The summed E-state index contributed by atoms with van der Waals surface area (Å²) < 4.78 is 17.1. The monoisotopic (exact) mass is 387 g/mol. The van der Waals surface area contributed by atoms with Crippen molar-refractivity contribution >= 4 is 39.7 Å². The van der Waals surface area contributed by atoms with Gasteiger partial charge in [0.15, 0.2) is 5.11 Å². The molecule has 0 unspecified atom stereocenters. The van der Waals surface area contributed by atoms with Gasteiger partial charge in [-0.2, -0.15) is 0 Å². The number of fused-ring (bicyclic) bond motifs is 2. The van der Waals surface area contributed by atoms with Gasteiger partial charge in [-0.05, 0) is 23.7 Å². The van der Waals surface area contributed by atoms with Gasteiger partial charge in [-0.3, -0.25) is 4.79 Å². The van der Waals surface area contributed by atoms with E-state index in [0.717, 1.165) is 16.5 Å². The third-order valence-corrected chi connectivity index (χ3v) is 5.02. The van der Waals surface area contributed by atoms with Crippen LogP contribution in [0.4, 0.5) is 5.69 Å². The van der Waals surface area contributed by atoms with Crippen molar-refractivity contribution in [1.82, 2.24) is 5.32 Å². The molecule has 0 radical (unpaired) electrons. The number of nitrogens with one attached hydrogen (secondary N) is 2. The molecule has 2 aliphatic heterocycles. The van der Waals surface area contributed by atoms with Crippen LogP contribution in [0.2, 0.25) is 0 Å².